The molecule has 0 amide bonds. The first kappa shape index (κ1) is 8.48. The molecule has 3 nitrogen and oxygen atoms in total. The molecule has 2 bridgehead atoms. The summed E-state index contributed by atoms with van der Waals surface area (Å²) in [7, 11) is 4.38. The van der Waals surface area contributed by atoms with Crippen LogP contribution in [-0.4, -0.2) is 62.2 Å². The highest BCUT2D eigenvalue weighted by Crippen LogP contribution is 2.16. The van der Waals surface area contributed by atoms with Gasteiger partial charge in [-0.25, -0.2) is 0 Å². The lowest BCUT2D eigenvalue weighted by Crippen LogP contribution is -2.63. The third-order valence-corrected chi connectivity index (χ3v) is 3.16. The van der Waals surface area contributed by atoms with E-state index in [2.05, 4.69) is 29.2 Å². The molecule has 0 aromatic carbocycles. The van der Waals surface area contributed by atoms with Crippen LogP contribution in [0.1, 0.15) is 6.42 Å². The number of hydrogen-bond acceptors (Lipinski definition) is 3. The Morgan fingerprint density at radius 1 is 1.33 bits per heavy atom. The molecule has 0 aromatic heterocycles. The molecule has 2 rings (SSSR count). The minimum atomic E-state index is 0.711. The van der Waals surface area contributed by atoms with Gasteiger partial charge in [-0.05, 0) is 27.1 Å². The standard InChI is InChI=1S/C9H19N3/c1-11(2)9-3-5-12-6-4-10-8(9)7-12/h8-10H,3-7H2,1-2H3. The van der Waals surface area contributed by atoms with Crippen LogP contribution in [0.15, 0.2) is 0 Å². The first-order chi connectivity index (χ1) is 5.77. The topological polar surface area (TPSA) is 18.5 Å². The highest BCUT2D eigenvalue weighted by Gasteiger charge is 2.32. The van der Waals surface area contributed by atoms with Gasteiger partial charge < -0.3 is 15.1 Å². The molecule has 3 unspecified atom stereocenters. The molecule has 3 atom stereocenters. The van der Waals surface area contributed by atoms with Crippen molar-refractivity contribution in [3.63, 3.8) is 0 Å². The highest BCUT2D eigenvalue weighted by molar-refractivity contribution is 4.93. The normalized spacial score (nSPS) is 41.8. The number of hydrogen-bond donors (Lipinski definition) is 1. The molecule has 0 aromatic rings. The van der Waals surface area contributed by atoms with Gasteiger partial charge in [0.1, 0.15) is 0 Å². The molecule has 2 aliphatic heterocycles. The zero-order chi connectivity index (χ0) is 8.55. The van der Waals surface area contributed by atoms with Gasteiger partial charge in [0.25, 0.3) is 0 Å². The average Bonchev–Trinajstić information content (AvgIpc) is 2.04. The SMILES string of the molecule is CN(C)C1CCN2CCNC1C2. The molecule has 0 radical (unpaired) electrons. The number of nitrogens with one attached hydrogen (secondary N) is 1. The molecule has 3 heteroatoms. The number of nitrogens with zero attached hydrogens (tertiary/aromatic N) is 2. The zero-order valence-electron chi connectivity index (χ0n) is 8.08. The van der Waals surface area contributed by atoms with Gasteiger partial charge in [-0.3, -0.25) is 0 Å². The van der Waals surface area contributed by atoms with Crippen LogP contribution in [0.3, 0.4) is 0 Å². The molecule has 70 valence electrons. The second-order valence-electron chi connectivity index (χ2n) is 4.18. The van der Waals surface area contributed by atoms with E-state index in [4.69, 9.17) is 0 Å². The minimum absolute atomic E-state index is 0.711. The fourth-order valence-corrected chi connectivity index (χ4v) is 2.44. The Balaban J connectivity index is 1.99. The summed E-state index contributed by atoms with van der Waals surface area (Å²) in [6, 6.07) is 1.46. The summed E-state index contributed by atoms with van der Waals surface area (Å²) in [6.45, 7) is 4.97. The maximum atomic E-state index is 3.60. The van der Waals surface area contributed by atoms with Crippen molar-refractivity contribution in [2.45, 2.75) is 18.5 Å². The molecule has 1 N–H and O–H groups in total. The van der Waals surface area contributed by atoms with Crippen molar-refractivity contribution in [3.8, 4) is 0 Å². The summed E-state index contributed by atoms with van der Waals surface area (Å²) in [5.41, 5.74) is 0. The van der Waals surface area contributed by atoms with Crippen LogP contribution < -0.4 is 5.32 Å². The Labute approximate surface area is 74.7 Å². The van der Waals surface area contributed by atoms with E-state index in [0.717, 1.165) is 6.04 Å². The van der Waals surface area contributed by atoms with Crippen LogP contribution in [0, 0.1) is 0 Å². The van der Waals surface area contributed by atoms with E-state index >= 15 is 0 Å². The summed E-state index contributed by atoms with van der Waals surface area (Å²) < 4.78 is 0. The number of piperazine rings is 1. The van der Waals surface area contributed by atoms with E-state index in [-0.39, 0.29) is 0 Å². The van der Waals surface area contributed by atoms with Gasteiger partial charge in [0.15, 0.2) is 0 Å². The highest BCUT2D eigenvalue weighted by atomic mass is 15.3. The van der Waals surface area contributed by atoms with E-state index in [1.54, 1.807) is 0 Å². The number of fused-ring (bicyclic) bond motifs is 2. The predicted octanol–water partition coefficient (Wildman–Crippen LogP) is -0.406. The predicted molar refractivity (Wildman–Crippen MR) is 50.3 cm³/mol. The van der Waals surface area contributed by atoms with Crippen molar-refractivity contribution < 1.29 is 0 Å². The molecule has 0 saturated carbocycles. The quantitative estimate of drug-likeness (QED) is 0.576. The molecule has 0 aliphatic carbocycles. The molecule has 2 fully saturated rings. The van der Waals surface area contributed by atoms with Crippen LogP contribution in [0.25, 0.3) is 0 Å². The van der Waals surface area contributed by atoms with Crippen LogP contribution in [0.5, 0.6) is 0 Å². The molecule has 2 aliphatic rings. The van der Waals surface area contributed by atoms with E-state index in [1.165, 1.54) is 32.6 Å². The molecular formula is C9H19N3. The third kappa shape index (κ3) is 1.49. The first-order valence-electron chi connectivity index (χ1n) is 4.89. The monoisotopic (exact) mass is 169 g/mol. The Bertz CT molecular complexity index is 158. The van der Waals surface area contributed by atoms with Crippen LogP contribution >= 0.6 is 0 Å². The molecular weight excluding hydrogens is 150 g/mol. The smallest absolute Gasteiger partial charge is 0.0352 e. The number of piperidine rings is 1. The summed E-state index contributed by atoms with van der Waals surface area (Å²) in [5, 5.41) is 3.60. The van der Waals surface area contributed by atoms with Crippen molar-refractivity contribution in [1.82, 2.24) is 15.1 Å². The Morgan fingerprint density at radius 3 is 2.92 bits per heavy atom. The first-order valence-corrected chi connectivity index (χ1v) is 4.89. The summed E-state index contributed by atoms with van der Waals surface area (Å²) in [6.07, 6.45) is 1.32. The van der Waals surface area contributed by atoms with Crippen molar-refractivity contribution in [2.75, 3.05) is 40.3 Å². The van der Waals surface area contributed by atoms with Gasteiger partial charge in [0.05, 0.1) is 0 Å². The second-order valence-corrected chi connectivity index (χ2v) is 4.18. The van der Waals surface area contributed by atoms with E-state index < -0.39 is 0 Å². The Morgan fingerprint density at radius 2 is 2.17 bits per heavy atom. The fraction of sp³-hybridized carbons (Fsp3) is 1.00. The van der Waals surface area contributed by atoms with Crippen molar-refractivity contribution in [3.05, 3.63) is 0 Å². The van der Waals surface area contributed by atoms with E-state index in [9.17, 15) is 0 Å². The fourth-order valence-electron chi connectivity index (χ4n) is 2.44. The van der Waals surface area contributed by atoms with Gasteiger partial charge in [-0.15, -0.1) is 0 Å². The molecule has 12 heavy (non-hydrogen) atoms. The van der Waals surface area contributed by atoms with Gasteiger partial charge >= 0.3 is 0 Å². The van der Waals surface area contributed by atoms with Crippen LogP contribution in [-0.2, 0) is 0 Å². The summed E-state index contributed by atoms with van der Waals surface area (Å²) >= 11 is 0. The lowest BCUT2D eigenvalue weighted by atomic mass is 9.96. The molecule has 0 spiro atoms. The number of rotatable bonds is 1. The zero-order valence-corrected chi connectivity index (χ0v) is 8.08. The van der Waals surface area contributed by atoms with E-state index in [1.807, 2.05) is 0 Å². The lowest BCUT2D eigenvalue weighted by Gasteiger charge is -2.45. The third-order valence-electron chi connectivity index (χ3n) is 3.16. The van der Waals surface area contributed by atoms with Crippen LogP contribution in [0.2, 0.25) is 0 Å². The average molecular weight is 169 g/mol. The van der Waals surface area contributed by atoms with Crippen LogP contribution in [0.4, 0.5) is 0 Å². The summed E-state index contributed by atoms with van der Waals surface area (Å²) in [5.74, 6) is 0. The second kappa shape index (κ2) is 3.32. The lowest BCUT2D eigenvalue weighted by molar-refractivity contribution is 0.0779. The molecule has 2 heterocycles. The summed E-state index contributed by atoms with van der Waals surface area (Å²) in [4.78, 5) is 4.93. The largest absolute Gasteiger partial charge is 0.310 e. The van der Waals surface area contributed by atoms with Crippen molar-refractivity contribution in [1.29, 1.82) is 0 Å². The van der Waals surface area contributed by atoms with E-state index in [0.29, 0.717) is 6.04 Å². The van der Waals surface area contributed by atoms with Crippen molar-refractivity contribution in [2.24, 2.45) is 0 Å². The molecule has 2 saturated heterocycles. The maximum absolute atomic E-state index is 3.60. The maximum Gasteiger partial charge on any atom is 0.0352 e. The van der Waals surface area contributed by atoms with Gasteiger partial charge in [0, 0.05) is 31.7 Å². The minimum Gasteiger partial charge on any atom is -0.310 e. The number of likely N-dealkylation sites (N-methyl/N-ethyl adjacent to an activating group) is 1. The Hall–Kier alpha value is -0.120. The van der Waals surface area contributed by atoms with Gasteiger partial charge in [-0.2, -0.15) is 0 Å². The van der Waals surface area contributed by atoms with Gasteiger partial charge in [0.2, 0.25) is 0 Å². The van der Waals surface area contributed by atoms with Gasteiger partial charge in [-0.1, -0.05) is 0 Å². The van der Waals surface area contributed by atoms with Crippen molar-refractivity contribution >= 4 is 0 Å². The Kier molecular flexibility index (Phi) is 2.35.